The summed E-state index contributed by atoms with van der Waals surface area (Å²) in [4.78, 5) is 9.40. The van der Waals surface area contributed by atoms with E-state index in [9.17, 15) is 0 Å². The number of rotatable bonds is 4. The fraction of sp³-hybridized carbons (Fsp3) is 0.0476. The van der Waals surface area contributed by atoms with Crippen LogP contribution in [-0.4, -0.2) is 9.97 Å². The van der Waals surface area contributed by atoms with Crippen LogP contribution in [0.3, 0.4) is 0 Å². The second-order valence-electron chi connectivity index (χ2n) is 5.88. The van der Waals surface area contributed by atoms with Crippen molar-refractivity contribution < 1.29 is 0 Å². The molecule has 128 valence electrons. The van der Waals surface area contributed by atoms with Crippen molar-refractivity contribution in [1.29, 1.82) is 0 Å². The van der Waals surface area contributed by atoms with E-state index < -0.39 is 0 Å². The number of hydrogen-bond acceptors (Lipinski definition) is 3. The number of nitrogens with one attached hydrogen (secondary N) is 1. The Kier molecular flexibility index (Phi) is 4.74. The van der Waals surface area contributed by atoms with Gasteiger partial charge in [-0.25, -0.2) is 9.97 Å². The van der Waals surface area contributed by atoms with Gasteiger partial charge in [0.05, 0.1) is 10.5 Å². The van der Waals surface area contributed by atoms with Crippen LogP contribution in [0.5, 0.6) is 0 Å². The molecule has 0 saturated carbocycles. The summed E-state index contributed by atoms with van der Waals surface area (Å²) >= 11 is 12.4. The van der Waals surface area contributed by atoms with E-state index in [2.05, 4.69) is 22.4 Å². The van der Waals surface area contributed by atoms with Gasteiger partial charge in [0.15, 0.2) is 5.82 Å². The van der Waals surface area contributed by atoms with E-state index >= 15 is 0 Å². The third-order valence-electron chi connectivity index (χ3n) is 4.08. The lowest BCUT2D eigenvalue weighted by Crippen LogP contribution is -2.04. The van der Waals surface area contributed by atoms with Gasteiger partial charge in [0.2, 0.25) is 0 Å². The first-order chi connectivity index (χ1) is 12.7. The van der Waals surface area contributed by atoms with E-state index in [0.29, 0.717) is 22.4 Å². The predicted octanol–water partition coefficient (Wildman–Crippen LogP) is 6.22. The summed E-state index contributed by atoms with van der Waals surface area (Å²) in [6, 6.07) is 23.5. The van der Waals surface area contributed by atoms with Crippen LogP contribution in [0.4, 0.5) is 5.82 Å². The molecular weight excluding hydrogens is 365 g/mol. The Bertz CT molecular complexity index is 1070. The molecule has 26 heavy (non-hydrogen) atoms. The van der Waals surface area contributed by atoms with Gasteiger partial charge >= 0.3 is 0 Å². The van der Waals surface area contributed by atoms with Crippen molar-refractivity contribution in [1.82, 2.24) is 9.97 Å². The van der Waals surface area contributed by atoms with Crippen molar-refractivity contribution in [2.24, 2.45) is 0 Å². The van der Waals surface area contributed by atoms with Crippen molar-refractivity contribution >= 4 is 39.9 Å². The SMILES string of the molecule is Clc1ccc(-c2nc(NCc3ccccc3)c3ccccc3n2)c(Cl)c1. The molecule has 5 heteroatoms. The topological polar surface area (TPSA) is 37.8 Å². The van der Waals surface area contributed by atoms with E-state index in [-0.39, 0.29) is 0 Å². The molecule has 0 spiro atoms. The summed E-state index contributed by atoms with van der Waals surface area (Å²) in [5.74, 6) is 1.35. The average Bonchev–Trinajstić information content (AvgIpc) is 2.67. The van der Waals surface area contributed by atoms with E-state index in [1.165, 1.54) is 5.56 Å². The molecule has 0 unspecified atom stereocenters. The lowest BCUT2D eigenvalue weighted by Gasteiger charge is -2.12. The second kappa shape index (κ2) is 7.32. The number of para-hydroxylation sites is 1. The normalized spacial score (nSPS) is 10.8. The number of fused-ring (bicyclic) bond motifs is 1. The average molecular weight is 380 g/mol. The molecule has 3 aromatic carbocycles. The van der Waals surface area contributed by atoms with Gasteiger partial charge in [-0.05, 0) is 35.9 Å². The van der Waals surface area contributed by atoms with Crippen LogP contribution in [0.2, 0.25) is 10.0 Å². The standard InChI is InChI=1S/C21H15Cl2N3/c22-15-10-11-16(18(23)12-15)21-25-19-9-5-4-8-17(19)20(26-21)24-13-14-6-2-1-3-7-14/h1-12H,13H2,(H,24,25,26). The second-order valence-corrected chi connectivity index (χ2v) is 6.72. The number of anilines is 1. The summed E-state index contributed by atoms with van der Waals surface area (Å²) in [6.07, 6.45) is 0. The third kappa shape index (κ3) is 3.50. The maximum atomic E-state index is 6.36. The molecule has 1 N–H and O–H groups in total. The third-order valence-corrected chi connectivity index (χ3v) is 4.63. The van der Waals surface area contributed by atoms with Crippen LogP contribution < -0.4 is 5.32 Å². The van der Waals surface area contributed by atoms with Crippen molar-refractivity contribution in [3.05, 3.63) is 88.4 Å². The van der Waals surface area contributed by atoms with Crippen LogP contribution in [0.15, 0.2) is 72.8 Å². The molecule has 0 radical (unpaired) electrons. The van der Waals surface area contributed by atoms with Crippen molar-refractivity contribution in [2.75, 3.05) is 5.32 Å². The van der Waals surface area contributed by atoms with Gasteiger partial charge in [0, 0.05) is 22.5 Å². The summed E-state index contributed by atoms with van der Waals surface area (Å²) < 4.78 is 0. The Hall–Kier alpha value is -2.62. The van der Waals surface area contributed by atoms with E-state index in [4.69, 9.17) is 28.2 Å². The minimum Gasteiger partial charge on any atom is -0.365 e. The smallest absolute Gasteiger partial charge is 0.163 e. The first kappa shape index (κ1) is 16.8. The molecule has 0 amide bonds. The first-order valence-corrected chi connectivity index (χ1v) is 8.96. The molecule has 1 aromatic heterocycles. The van der Waals surface area contributed by atoms with Crippen molar-refractivity contribution in [3.8, 4) is 11.4 Å². The highest BCUT2D eigenvalue weighted by Gasteiger charge is 2.12. The molecule has 3 nitrogen and oxygen atoms in total. The Morgan fingerprint density at radius 2 is 1.58 bits per heavy atom. The zero-order valence-electron chi connectivity index (χ0n) is 13.8. The maximum Gasteiger partial charge on any atom is 0.163 e. The molecule has 0 atom stereocenters. The fourth-order valence-electron chi connectivity index (χ4n) is 2.78. The number of nitrogens with zero attached hydrogens (tertiary/aromatic N) is 2. The lowest BCUT2D eigenvalue weighted by molar-refractivity contribution is 1.11. The minimum absolute atomic E-state index is 0.529. The number of aromatic nitrogens is 2. The van der Waals surface area contributed by atoms with Gasteiger partial charge in [-0.15, -0.1) is 0 Å². The van der Waals surface area contributed by atoms with Gasteiger partial charge in [-0.1, -0.05) is 65.7 Å². The number of benzene rings is 3. The number of halogens is 2. The van der Waals surface area contributed by atoms with Crippen molar-refractivity contribution in [2.45, 2.75) is 6.54 Å². The zero-order chi connectivity index (χ0) is 17.9. The van der Waals surface area contributed by atoms with Crippen LogP contribution in [-0.2, 0) is 6.54 Å². The van der Waals surface area contributed by atoms with Crippen LogP contribution in [0.1, 0.15) is 5.56 Å². The highest BCUT2D eigenvalue weighted by Crippen LogP contribution is 2.31. The zero-order valence-corrected chi connectivity index (χ0v) is 15.3. The van der Waals surface area contributed by atoms with Gasteiger partial charge in [-0.3, -0.25) is 0 Å². The molecule has 4 aromatic rings. The van der Waals surface area contributed by atoms with Gasteiger partial charge in [0.1, 0.15) is 5.82 Å². The highest BCUT2D eigenvalue weighted by molar-refractivity contribution is 6.36. The van der Waals surface area contributed by atoms with E-state index in [0.717, 1.165) is 22.3 Å². The summed E-state index contributed by atoms with van der Waals surface area (Å²) in [5.41, 5.74) is 2.80. The maximum absolute atomic E-state index is 6.36. The molecule has 0 aliphatic heterocycles. The van der Waals surface area contributed by atoms with Crippen LogP contribution in [0, 0.1) is 0 Å². The first-order valence-electron chi connectivity index (χ1n) is 8.21. The molecule has 0 aliphatic rings. The summed E-state index contributed by atoms with van der Waals surface area (Å²) in [6.45, 7) is 0.676. The Morgan fingerprint density at radius 3 is 2.38 bits per heavy atom. The molecule has 1 heterocycles. The number of hydrogen-bond donors (Lipinski definition) is 1. The lowest BCUT2D eigenvalue weighted by atomic mass is 10.1. The Labute approximate surface area is 161 Å². The van der Waals surface area contributed by atoms with E-state index in [1.54, 1.807) is 12.1 Å². The molecule has 0 bridgehead atoms. The largest absolute Gasteiger partial charge is 0.365 e. The Morgan fingerprint density at radius 1 is 0.808 bits per heavy atom. The van der Waals surface area contributed by atoms with Gasteiger partial charge in [0.25, 0.3) is 0 Å². The highest BCUT2D eigenvalue weighted by atomic mass is 35.5. The van der Waals surface area contributed by atoms with Gasteiger partial charge in [-0.2, -0.15) is 0 Å². The van der Waals surface area contributed by atoms with E-state index in [1.807, 2.05) is 48.5 Å². The van der Waals surface area contributed by atoms with Crippen LogP contribution >= 0.6 is 23.2 Å². The van der Waals surface area contributed by atoms with Gasteiger partial charge < -0.3 is 5.32 Å². The predicted molar refractivity (Wildman–Crippen MR) is 109 cm³/mol. The summed E-state index contributed by atoms with van der Waals surface area (Å²) in [5, 5.41) is 5.51. The molecule has 0 aliphatic carbocycles. The van der Waals surface area contributed by atoms with Crippen molar-refractivity contribution in [3.63, 3.8) is 0 Å². The summed E-state index contributed by atoms with van der Waals surface area (Å²) in [7, 11) is 0. The molecule has 0 fully saturated rings. The molecule has 0 saturated heterocycles. The molecule has 4 rings (SSSR count). The van der Waals surface area contributed by atoms with Crippen LogP contribution in [0.25, 0.3) is 22.3 Å². The fourth-order valence-corrected chi connectivity index (χ4v) is 3.28. The Balaban J connectivity index is 1.78. The monoisotopic (exact) mass is 379 g/mol. The quantitative estimate of drug-likeness (QED) is 0.457. The minimum atomic E-state index is 0.529. The molecular formula is C21H15Cl2N3.